The van der Waals surface area contributed by atoms with E-state index in [1.165, 1.54) is 5.48 Å². The number of nitrogens with two attached hydrogens (primary N) is 1. The average Bonchev–Trinajstić information content (AvgIpc) is 1.38. The Bertz CT molecular complexity index is 44.1. The van der Waals surface area contributed by atoms with Crippen LogP contribution >= 0.6 is 0 Å². The summed E-state index contributed by atoms with van der Waals surface area (Å²) in [5, 5.41) is 7.42. The Kier molecular flexibility index (Phi) is 6.25. The van der Waals surface area contributed by atoms with Gasteiger partial charge in [-0.1, -0.05) is 0 Å². The number of nitrogens with one attached hydrogen (secondary N) is 1. The van der Waals surface area contributed by atoms with Crippen molar-refractivity contribution in [2.45, 2.75) is 0 Å². The first-order chi connectivity index (χ1) is 2.27. The summed E-state index contributed by atoms with van der Waals surface area (Å²) in [7, 11) is 0. The molecule has 38 valence electrons. The first-order valence-electron chi connectivity index (χ1n) is 0.966. The Hall–Kier alpha value is -0.810. The molecule has 7 N–H and O–H groups in total. The lowest BCUT2D eigenvalue weighted by Crippen LogP contribution is -2.25. The van der Waals surface area contributed by atoms with Crippen LogP contribution in [-0.4, -0.2) is 11.2 Å². The van der Waals surface area contributed by atoms with Gasteiger partial charge in [0.05, 0.1) is 0 Å². The molecule has 0 aromatic rings. The summed E-state index contributed by atoms with van der Waals surface area (Å²) in [5.41, 5.74) is 5.46. The van der Waals surface area contributed by atoms with E-state index >= 15 is 0 Å². The monoisotopic (exact) mass is 93.1 g/mol. The summed E-state index contributed by atoms with van der Waals surface area (Å²) in [6.07, 6.45) is 0. The highest BCUT2D eigenvalue weighted by atomic mass is 16.5. The van der Waals surface area contributed by atoms with Crippen LogP contribution in [0.5, 0.6) is 0 Å². The van der Waals surface area contributed by atoms with Crippen molar-refractivity contribution < 1.29 is 10.0 Å². The quantitative estimate of drug-likeness (QED) is 0.232. The van der Waals surface area contributed by atoms with Gasteiger partial charge in [-0.05, 0) is 0 Å². The Morgan fingerprint density at radius 1 is 1.83 bits per heavy atom. The van der Waals surface area contributed by atoms with Crippen molar-refractivity contribution in [1.82, 2.24) is 11.6 Å². The second-order valence-electron chi connectivity index (χ2n) is 0.476. The van der Waals surface area contributed by atoms with Crippen molar-refractivity contribution >= 4 is 6.03 Å². The fourth-order valence-corrected chi connectivity index (χ4v) is 0. The Balaban J connectivity index is 0. The molecule has 5 nitrogen and oxygen atoms in total. The predicted octanol–water partition coefficient (Wildman–Crippen LogP) is -0.794. The molecule has 2 amide bonds. The molecular weight excluding hydrogens is 86.0 g/mol. The summed E-state index contributed by atoms with van der Waals surface area (Å²) >= 11 is 0. The maximum atomic E-state index is 9.23. The highest BCUT2D eigenvalue weighted by Crippen LogP contribution is 1.38. The van der Waals surface area contributed by atoms with Gasteiger partial charge in [0, 0.05) is 0 Å². The summed E-state index contributed by atoms with van der Waals surface area (Å²) in [4.78, 5) is 9.23. The van der Waals surface area contributed by atoms with Gasteiger partial charge in [0.25, 0.3) is 0 Å². The molecule has 0 atom stereocenters. The van der Waals surface area contributed by atoms with Crippen LogP contribution in [-0.2, 0) is 0 Å². The lowest BCUT2D eigenvalue weighted by atomic mass is 11.2. The molecule has 0 aliphatic rings. The van der Waals surface area contributed by atoms with Gasteiger partial charge in [-0.15, -0.1) is 0 Å². The summed E-state index contributed by atoms with van der Waals surface area (Å²) in [6, 6.07) is -0.940. The standard InChI is InChI=1S/CH4N2O2.H3N/c2-1(4)3-5;/h5H,(H3,2,3,4);1H3. The number of amides is 2. The smallest absolute Gasteiger partial charge is 0.335 e. The average molecular weight is 93.1 g/mol. The third-order valence-corrected chi connectivity index (χ3v) is 0.110. The minimum absolute atomic E-state index is 0. The number of hydroxylamine groups is 1. The number of primary amides is 1. The third-order valence-electron chi connectivity index (χ3n) is 0.110. The van der Waals surface area contributed by atoms with Crippen LogP contribution < -0.4 is 17.4 Å². The van der Waals surface area contributed by atoms with Gasteiger partial charge >= 0.3 is 6.03 Å². The molecule has 0 rings (SSSR count). The largest absolute Gasteiger partial charge is 0.350 e. The number of rotatable bonds is 0. The predicted molar refractivity (Wildman–Crippen MR) is 19.5 cm³/mol. The molecule has 0 aliphatic heterocycles. The highest BCUT2D eigenvalue weighted by molar-refractivity contribution is 5.69. The SMILES string of the molecule is N.NC(=O)NO. The second kappa shape index (κ2) is 4.19. The Morgan fingerprint density at radius 3 is 2.00 bits per heavy atom. The van der Waals surface area contributed by atoms with E-state index in [9.17, 15) is 4.79 Å². The lowest BCUT2D eigenvalue weighted by molar-refractivity contribution is 0.169. The summed E-state index contributed by atoms with van der Waals surface area (Å²) in [5.74, 6) is 0. The lowest BCUT2D eigenvalue weighted by Gasteiger charge is -1.79. The minimum Gasteiger partial charge on any atom is -0.350 e. The molecule has 0 fully saturated rings. The molecule has 5 heteroatoms. The molecule has 0 saturated heterocycles. The number of urea groups is 1. The van der Waals surface area contributed by atoms with Crippen molar-refractivity contribution in [2.24, 2.45) is 5.73 Å². The zero-order chi connectivity index (χ0) is 4.28. The maximum Gasteiger partial charge on any atom is 0.335 e. The van der Waals surface area contributed by atoms with Gasteiger partial charge < -0.3 is 11.9 Å². The topological polar surface area (TPSA) is 110 Å². The van der Waals surface area contributed by atoms with Gasteiger partial charge in [0.2, 0.25) is 0 Å². The van der Waals surface area contributed by atoms with E-state index in [0.717, 1.165) is 0 Å². The Labute approximate surface area is 34.7 Å². The van der Waals surface area contributed by atoms with Gasteiger partial charge in [-0.3, -0.25) is 5.21 Å². The summed E-state index contributed by atoms with van der Waals surface area (Å²) in [6.45, 7) is 0. The third kappa shape index (κ3) is 10.8. The molecule has 0 aromatic heterocycles. The van der Waals surface area contributed by atoms with Crippen LogP contribution in [0.1, 0.15) is 0 Å². The first-order valence-corrected chi connectivity index (χ1v) is 0.966. The fourth-order valence-electron chi connectivity index (χ4n) is 0. The fraction of sp³-hybridized carbons (Fsp3) is 0. The molecule has 0 radical (unpaired) electrons. The van der Waals surface area contributed by atoms with Crippen LogP contribution in [0, 0.1) is 0 Å². The molecule has 0 aromatic carbocycles. The van der Waals surface area contributed by atoms with Crippen LogP contribution in [0.25, 0.3) is 0 Å². The van der Waals surface area contributed by atoms with Crippen molar-refractivity contribution in [1.29, 1.82) is 0 Å². The van der Waals surface area contributed by atoms with Crippen LogP contribution in [0.2, 0.25) is 0 Å². The molecule has 0 aliphatic carbocycles. The van der Waals surface area contributed by atoms with E-state index in [-0.39, 0.29) is 6.15 Å². The minimum atomic E-state index is -0.940. The van der Waals surface area contributed by atoms with E-state index in [1.807, 2.05) is 0 Å². The van der Waals surface area contributed by atoms with Crippen molar-refractivity contribution in [3.63, 3.8) is 0 Å². The van der Waals surface area contributed by atoms with Gasteiger partial charge in [-0.25, -0.2) is 10.3 Å². The van der Waals surface area contributed by atoms with E-state index in [0.29, 0.717) is 0 Å². The van der Waals surface area contributed by atoms with E-state index in [4.69, 9.17) is 5.21 Å². The first kappa shape index (κ1) is 8.95. The molecule has 0 bridgehead atoms. The molecule has 6 heavy (non-hydrogen) atoms. The molecule has 0 heterocycles. The normalized spacial score (nSPS) is 5.50. The molecular formula is CH7N3O2. The maximum absolute atomic E-state index is 9.23. The number of hydrogen-bond donors (Lipinski definition) is 4. The number of carbonyl (C=O) groups excluding carboxylic acids is 1. The number of carbonyl (C=O) groups is 1. The van der Waals surface area contributed by atoms with Crippen LogP contribution in [0.3, 0.4) is 0 Å². The van der Waals surface area contributed by atoms with E-state index in [1.54, 1.807) is 0 Å². The van der Waals surface area contributed by atoms with Crippen molar-refractivity contribution in [3.05, 3.63) is 0 Å². The second-order valence-corrected chi connectivity index (χ2v) is 0.476. The molecule has 0 unspecified atom stereocenters. The van der Waals surface area contributed by atoms with Gasteiger partial charge in [0.1, 0.15) is 0 Å². The summed E-state index contributed by atoms with van der Waals surface area (Å²) < 4.78 is 0. The van der Waals surface area contributed by atoms with E-state index < -0.39 is 6.03 Å². The van der Waals surface area contributed by atoms with Crippen LogP contribution in [0.4, 0.5) is 4.79 Å². The van der Waals surface area contributed by atoms with Crippen LogP contribution in [0.15, 0.2) is 0 Å². The Morgan fingerprint density at radius 2 is 2.00 bits per heavy atom. The van der Waals surface area contributed by atoms with Gasteiger partial charge in [0.15, 0.2) is 0 Å². The highest BCUT2D eigenvalue weighted by Gasteiger charge is 1.75. The molecule has 0 spiro atoms. The van der Waals surface area contributed by atoms with E-state index in [2.05, 4.69) is 5.73 Å². The van der Waals surface area contributed by atoms with Crippen molar-refractivity contribution in [2.75, 3.05) is 0 Å². The van der Waals surface area contributed by atoms with Crippen molar-refractivity contribution in [3.8, 4) is 0 Å². The van der Waals surface area contributed by atoms with Gasteiger partial charge in [-0.2, -0.15) is 0 Å². The number of hydrogen-bond acceptors (Lipinski definition) is 3. The molecule has 0 saturated carbocycles. The zero-order valence-corrected chi connectivity index (χ0v) is 3.14. The zero-order valence-electron chi connectivity index (χ0n) is 3.14.